The van der Waals surface area contributed by atoms with Crippen molar-refractivity contribution in [2.24, 2.45) is 0 Å². The van der Waals surface area contributed by atoms with E-state index in [4.69, 9.17) is 0 Å². The Hall–Kier alpha value is -0.930. The highest BCUT2D eigenvalue weighted by Gasteiger charge is 2.13. The van der Waals surface area contributed by atoms with Crippen LogP contribution in [0, 0.1) is 23.3 Å². The summed E-state index contributed by atoms with van der Waals surface area (Å²) in [7, 11) is 2.38. The van der Waals surface area contributed by atoms with E-state index in [9.17, 15) is 17.6 Å². The first-order chi connectivity index (χ1) is 6.54. The molecule has 0 fully saturated rings. The zero-order valence-corrected chi connectivity index (χ0v) is 7.67. The van der Waals surface area contributed by atoms with Crippen molar-refractivity contribution in [3.05, 3.63) is 23.3 Å². The second-order valence-electron chi connectivity index (χ2n) is 2.66. The average molecular weight is 200 g/mol. The van der Waals surface area contributed by atoms with Crippen LogP contribution >= 0.6 is 0 Å². The molecule has 0 amide bonds. The van der Waals surface area contributed by atoms with Crippen LogP contribution in [0.25, 0.3) is 0 Å². The minimum absolute atomic E-state index is 0.260. The van der Waals surface area contributed by atoms with Crippen LogP contribution in [-0.4, -0.2) is 14.6 Å². The van der Waals surface area contributed by atoms with E-state index in [1.807, 2.05) is 0 Å². The highest BCUT2D eigenvalue weighted by atomic mass is 19.2. The molecular weight excluding hydrogens is 194 g/mol. The molecule has 0 saturated carbocycles. The molecule has 0 N–H and O–H groups in total. The summed E-state index contributed by atoms with van der Waals surface area (Å²) in [4.78, 5) is 0. The van der Waals surface area contributed by atoms with Crippen LogP contribution < -0.4 is 10.9 Å². The smallest absolute Gasteiger partial charge is 0.193 e. The Morgan fingerprint density at radius 2 is 0.929 bits per heavy atom. The van der Waals surface area contributed by atoms with Gasteiger partial charge in [0.15, 0.2) is 11.6 Å². The molecule has 6 heteroatoms. The van der Waals surface area contributed by atoms with Gasteiger partial charge in [0.2, 0.25) is 0 Å². The Labute approximate surface area is 80.8 Å². The summed E-state index contributed by atoms with van der Waals surface area (Å²) in [5.41, 5.74) is -0.521. The van der Waals surface area contributed by atoms with Crippen LogP contribution in [-0.2, 0) is 0 Å². The van der Waals surface area contributed by atoms with Gasteiger partial charge in [0, 0.05) is 0 Å². The molecule has 0 atom stereocenters. The van der Waals surface area contributed by atoms with E-state index in [1.165, 1.54) is 28.2 Å². The fourth-order valence-corrected chi connectivity index (χ4v) is 1.23. The van der Waals surface area contributed by atoms with Crippen molar-refractivity contribution in [1.82, 2.24) is 0 Å². The monoisotopic (exact) mass is 200 g/mol. The highest BCUT2D eigenvalue weighted by Crippen LogP contribution is 2.10. The Balaban J connectivity index is 3.57. The zero-order chi connectivity index (χ0) is 10.9. The third-order valence-electron chi connectivity index (χ3n) is 1.92. The first-order valence-electron chi connectivity index (χ1n) is 3.99. The van der Waals surface area contributed by atoms with Gasteiger partial charge < -0.3 is 14.6 Å². The highest BCUT2D eigenvalue weighted by molar-refractivity contribution is 6.65. The molecule has 0 aliphatic rings. The fourth-order valence-electron chi connectivity index (χ4n) is 1.23. The maximum Gasteiger partial charge on any atom is 0.193 e. The summed E-state index contributed by atoms with van der Waals surface area (Å²) in [6, 6.07) is 0. The second-order valence-corrected chi connectivity index (χ2v) is 2.66. The lowest BCUT2D eigenvalue weighted by Crippen LogP contribution is -2.41. The van der Waals surface area contributed by atoms with E-state index in [0.717, 1.165) is 0 Å². The number of hydrogen-bond donors (Lipinski definition) is 0. The molecule has 0 aliphatic carbocycles. The van der Waals surface area contributed by atoms with Crippen molar-refractivity contribution in [1.29, 1.82) is 0 Å². The van der Waals surface area contributed by atoms with Crippen molar-refractivity contribution in [2.45, 2.75) is 13.6 Å². The predicted octanol–water partition coefficient (Wildman–Crippen LogP) is 0.998. The average Bonchev–Trinajstić information content (AvgIpc) is 2.20. The Kier molecular flexibility index (Phi) is 3.24. The van der Waals surface area contributed by atoms with E-state index in [1.54, 1.807) is 0 Å². The summed E-state index contributed by atoms with van der Waals surface area (Å²) in [5, 5.41) is 0. The molecule has 74 valence electrons. The first kappa shape index (κ1) is 11.1. The Bertz CT molecular complexity index is 330. The molecule has 1 rings (SSSR count). The molecule has 1 aromatic carbocycles. The SMILES string of the molecule is C[B-]c1c(F)c(F)c(F)c(F)c1[B-]C. The number of rotatable bonds is 2. The van der Waals surface area contributed by atoms with Crippen molar-refractivity contribution in [3.8, 4) is 0 Å². The largest absolute Gasteiger partial charge is 0.301 e. The summed E-state index contributed by atoms with van der Waals surface area (Å²) < 4.78 is 51.6. The van der Waals surface area contributed by atoms with Crippen molar-refractivity contribution in [2.75, 3.05) is 0 Å². The van der Waals surface area contributed by atoms with Crippen molar-refractivity contribution >= 4 is 25.5 Å². The quantitative estimate of drug-likeness (QED) is 0.289. The maximum absolute atomic E-state index is 13.1. The summed E-state index contributed by atoms with van der Waals surface area (Å²) in [6.07, 6.45) is 0. The van der Waals surface area contributed by atoms with E-state index in [0.29, 0.717) is 0 Å². The lowest BCUT2D eigenvalue weighted by atomic mass is 9.59. The molecule has 1 aromatic rings. The molecule has 0 saturated heterocycles. The van der Waals surface area contributed by atoms with Crippen molar-refractivity contribution < 1.29 is 17.6 Å². The van der Waals surface area contributed by atoms with Crippen LogP contribution in [0.15, 0.2) is 0 Å². The van der Waals surface area contributed by atoms with E-state index in [-0.39, 0.29) is 10.9 Å². The molecule has 4 radical (unpaired) electrons. The minimum Gasteiger partial charge on any atom is -0.301 e. The molecule has 0 aromatic heterocycles. The van der Waals surface area contributed by atoms with Gasteiger partial charge in [-0.15, -0.1) is 0 Å². The Morgan fingerprint density at radius 1 is 0.643 bits per heavy atom. The second kappa shape index (κ2) is 4.07. The fraction of sp³-hybridized carbons (Fsp3) is 0.250. The molecule has 0 nitrogen and oxygen atoms in total. The normalized spacial score (nSPS) is 10.7. The van der Waals surface area contributed by atoms with E-state index < -0.39 is 23.3 Å². The number of benzene rings is 1. The third-order valence-corrected chi connectivity index (χ3v) is 1.92. The topological polar surface area (TPSA) is 0 Å². The Morgan fingerprint density at radius 3 is 1.14 bits per heavy atom. The molecule has 0 unspecified atom stereocenters. The molecule has 0 aliphatic heterocycles. The van der Waals surface area contributed by atoms with Gasteiger partial charge in [0.05, 0.1) is 0 Å². The van der Waals surface area contributed by atoms with Gasteiger partial charge in [-0.1, -0.05) is 0 Å². The van der Waals surface area contributed by atoms with Gasteiger partial charge in [-0.3, -0.25) is 10.9 Å². The maximum atomic E-state index is 13.1. The number of halogens is 4. The zero-order valence-electron chi connectivity index (χ0n) is 7.67. The van der Waals surface area contributed by atoms with Gasteiger partial charge in [-0.25, -0.2) is 31.2 Å². The molecule has 0 spiro atoms. The first-order valence-corrected chi connectivity index (χ1v) is 3.99. The van der Waals surface area contributed by atoms with E-state index >= 15 is 0 Å². The van der Waals surface area contributed by atoms with Gasteiger partial charge in [0.25, 0.3) is 0 Å². The van der Waals surface area contributed by atoms with Gasteiger partial charge in [-0.2, -0.15) is 0 Å². The van der Waals surface area contributed by atoms with Crippen LogP contribution in [0.4, 0.5) is 17.6 Å². The standard InChI is InChI=1S/C8H6B2F4/c1-9-3-4(10-2)6(12)8(14)7(13)5(3)11/h1-2H3/q-2. The molecular formula is C8H6B2F4-2. The third kappa shape index (κ3) is 1.53. The van der Waals surface area contributed by atoms with E-state index in [2.05, 4.69) is 0 Å². The van der Waals surface area contributed by atoms with Crippen LogP contribution in [0.3, 0.4) is 0 Å². The lowest BCUT2D eigenvalue weighted by molar-refractivity contribution is 0.415. The van der Waals surface area contributed by atoms with Crippen LogP contribution in [0.1, 0.15) is 0 Å². The molecule has 0 heterocycles. The molecule has 14 heavy (non-hydrogen) atoms. The summed E-state index contributed by atoms with van der Waals surface area (Å²) in [5.74, 6) is -6.28. The lowest BCUT2D eigenvalue weighted by Gasteiger charge is -2.27. The molecule has 0 bridgehead atoms. The van der Waals surface area contributed by atoms with Crippen LogP contribution in [0.2, 0.25) is 13.6 Å². The number of hydrogen-bond acceptors (Lipinski definition) is 0. The van der Waals surface area contributed by atoms with Gasteiger partial charge in [-0.05, 0) is 0 Å². The predicted molar refractivity (Wildman–Crippen MR) is 48.8 cm³/mol. The van der Waals surface area contributed by atoms with Gasteiger partial charge >= 0.3 is 0 Å². The van der Waals surface area contributed by atoms with Crippen LogP contribution in [0.5, 0.6) is 0 Å². The summed E-state index contributed by atoms with van der Waals surface area (Å²) >= 11 is 0. The minimum atomic E-state index is -1.78. The van der Waals surface area contributed by atoms with Crippen molar-refractivity contribution in [3.63, 3.8) is 0 Å². The van der Waals surface area contributed by atoms with Gasteiger partial charge in [0.1, 0.15) is 11.6 Å². The summed E-state index contributed by atoms with van der Waals surface area (Å²) in [6.45, 7) is 2.84.